The van der Waals surface area contributed by atoms with Gasteiger partial charge in [0, 0.05) is 13.1 Å². The summed E-state index contributed by atoms with van der Waals surface area (Å²) in [6, 6.07) is 4.99. The molecular formula is C18H20Cl2N6O2. The second-order valence-electron chi connectivity index (χ2n) is 7.41. The summed E-state index contributed by atoms with van der Waals surface area (Å²) in [5, 5.41) is 11.5. The van der Waals surface area contributed by atoms with E-state index in [0.717, 1.165) is 25.9 Å². The Morgan fingerprint density at radius 2 is 2.07 bits per heavy atom. The molecule has 1 aromatic carbocycles. The van der Waals surface area contributed by atoms with Crippen molar-refractivity contribution in [1.82, 2.24) is 10.2 Å². The van der Waals surface area contributed by atoms with Gasteiger partial charge in [-0.05, 0) is 36.9 Å². The number of likely N-dealkylation sites (tertiary alicyclic amines) is 1. The summed E-state index contributed by atoms with van der Waals surface area (Å²) in [4.78, 5) is 19.3. The van der Waals surface area contributed by atoms with Crippen LogP contribution in [0.5, 0.6) is 5.75 Å². The first-order valence-corrected chi connectivity index (χ1v) is 9.78. The molecule has 0 aromatic heterocycles. The number of carbonyl (C=O) groups excluding carboxylic acids is 1. The van der Waals surface area contributed by atoms with E-state index in [-0.39, 0.29) is 22.2 Å². The van der Waals surface area contributed by atoms with Gasteiger partial charge in [0.2, 0.25) is 17.8 Å². The van der Waals surface area contributed by atoms with Gasteiger partial charge >= 0.3 is 0 Å². The quantitative estimate of drug-likeness (QED) is 0.762. The van der Waals surface area contributed by atoms with Crippen LogP contribution in [0.3, 0.4) is 0 Å². The fourth-order valence-corrected chi connectivity index (χ4v) is 3.66. The molecule has 0 radical (unpaired) electrons. The molecule has 3 aliphatic heterocycles. The van der Waals surface area contributed by atoms with Gasteiger partial charge in [0.25, 0.3) is 0 Å². The van der Waals surface area contributed by atoms with E-state index in [0.29, 0.717) is 29.1 Å². The summed E-state index contributed by atoms with van der Waals surface area (Å²) >= 11 is 12.2. The van der Waals surface area contributed by atoms with Crippen LogP contribution in [0.25, 0.3) is 0 Å². The van der Waals surface area contributed by atoms with E-state index < -0.39 is 5.92 Å². The number of guanidine groups is 1. The zero-order valence-corrected chi connectivity index (χ0v) is 16.8. The summed E-state index contributed by atoms with van der Waals surface area (Å²) < 4.78 is 5.71. The molecule has 3 heterocycles. The van der Waals surface area contributed by atoms with E-state index >= 15 is 0 Å². The normalized spacial score (nSPS) is 23.4. The zero-order valence-electron chi connectivity index (χ0n) is 15.3. The van der Waals surface area contributed by atoms with Gasteiger partial charge in [0.15, 0.2) is 11.8 Å². The van der Waals surface area contributed by atoms with E-state index in [9.17, 15) is 4.79 Å². The molecule has 0 bridgehead atoms. The molecule has 28 heavy (non-hydrogen) atoms. The van der Waals surface area contributed by atoms with Gasteiger partial charge in [-0.25, -0.2) is 0 Å². The number of hydrogen-bond donors (Lipinski definition) is 2. The lowest BCUT2D eigenvalue weighted by Crippen LogP contribution is -2.55. The molecule has 0 saturated carbocycles. The highest BCUT2D eigenvalue weighted by molar-refractivity contribution is 6.43. The van der Waals surface area contributed by atoms with Gasteiger partial charge in [-0.1, -0.05) is 36.2 Å². The van der Waals surface area contributed by atoms with Crippen molar-refractivity contribution in [2.24, 2.45) is 32.3 Å². The molecule has 1 aromatic rings. The third kappa shape index (κ3) is 3.47. The Balaban J connectivity index is 1.48. The number of ether oxygens (including phenoxy) is 1. The number of hydrogen-bond acceptors (Lipinski definition) is 7. The number of aliphatic imine (C=N–C) groups is 1. The highest BCUT2D eigenvalue weighted by Crippen LogP contribution is 2.33. The van der Waals surface area contributed by atoms with Gasteiger partial charge in [-0.2, -0.15) is 4.99 Å². The molecule has 1 fully saturated rings. The summed E-state index contributed by atoms with van der Waals surface area (Å²) in [7, 11) is 0. The second kappa shape index (κ2) is 7.35. The lowest BCUT2D eigenvalue weighted by molar-refractivity contribution is -0.120. The summed E-state index contributed by atoms with van der Waals surface area (Å²) in [5.41, 5.74) is 6.00. The number of nitrogens with one attached hydrogen (secondary N) is 1. The van der Waals surface area contributed by atoms with E-state index in [1.54, 1.807) is 18.2 Å². The van der Waals surface area contributed by atoms with Crippen molar-refractivity contribution in [2.75, 3.05) is 19.6 Å². The van der Waals surface area contributed by atoms with Crippen LogP contribution in [0.1, 0.15) is 19.8 Å². The van der Waals surface area contributed by atoms with Gasteiger partial charge in [0.1, 0.15) is 10.8 Å². The van der Waals surface area contributed by atoms with Gasteiger partial charge in [-0.3, -0.25) is 10.1 Å². The Labute approximate surface area is 172 Å². The highest BCUT2D eigenvalue weighted by atomic mass is 35.5. The number of rotatable bonds is 2. The lowest BCUT2D eigenvalue weighted by atomic mass is 9.80. The molecule has 10 heteroatoms. The number of amides is 1. The molecule has 3 N–H and O–H groups in total. The first-order chi connectivity index (χ1) is 13.4. The summed E-state index contributed by atoms with van der Waals surface area (Å²) in [6.07, 6.45) is 1.87. The average Bonchev–Trinajstić information content (AvgIpc) is 3.09. The number of nitrogens with zero attached hydrogens (tertiary/aromatic N) is 4. The number of fused-ring (bicyclic) bond motifs is 1. The van der Waals surface area contributed by atoms with Crippen LogP contribution >= 0.6 is 23.2 Å². The van der Waals surface area contributed by atoms with Crippen LogP contribution in [0.4, 0.5) is 0 Å². The van der Waals surface area contributed by atoms with Crippen LogP contribution in [-0.2, 0) is 4.79 Å². The first-order valence-electron chi connectivity index (χ1n) is 9.02. The van der Waals surface area contributed by atoms with Crippen molar-refractivity contribution < 1.29 is 9.53 Å². The maximum atomic E-state index is 12.7. The predicted molar refractivity (Wildman–Crippen MR) is 109 cm³/mol. The van der Waals surface area contributed by atoms with E-state index in [2.05, 4.69) is 27.4 Å². The molecule has 8 nitrogen and oxygen atoms in total. The zero-order chi connectivity index (χ0) is 19.9. The highest BCUT2D eigenvalue weighted by Gasteiger charge is 2.42. The molecule has 148 valence electrons. The minimum absolute atomic E-state index is 0.119. The minimum atomic E-state index is -0.808. The van der Waals surface area contributed by atoms with Crippen LogP contribution < -0.4 is 15.8 Å². The van der Waals surface area contributed by atoms with Crippen molar-refractivity contribution in [3.63, 3.8) is 0 Å². The Bertz CT molecular complexity index is 905. The standard InChI is InChI=1S/C18H20Cl2N6O2/c1-18(9-21)5-7-26(8-6-18)17-22-14-12(15(27)23-17)16(25-24-14)28-11-4-2-3-10(19)13(11)20/h2-4,12H,5-9,21H2,1H3,(H,22,23,24,27). The molecule has 3 aliphatic rings. The third-order valence-corrected chi connectivity index (χ3v) is 6.17. The Hall–Kier alpha value is -2.16. The molecular weight excluding hydrogens is 403 g/mol. The van der Waals surface area contributed by atoms with Crippen molar-refractivity contribution in [2.45, 2.75) is 19.8 Å². The number of benzene rings is 1. The van der Waals surface area contributed by atoms with Crippen LogP contribution in [0, 0.1) is 11.3 Å². The third-order valence-electron chi connectivity index (χ3n) is 5.37. The van der Waals surface area contributed by atoms with Crippen molar-refractivity contribution >= 4 is 46.8 Å². The SMILES string of the molecule is CC1(CN)CCN(C2=NC3=NN=C(Oc4cccc(Cl)c4Cl)C3C(=O)N2)CC1. The number of carbonyl (C=O) groups is 1. The number of nitrogens with two attached hydrogens (primary N) is 1. The molecule has 1 saturated heterocycles. The lowest BCUT2D eigenvalue weighted by Gasteiger charge is -2.40. The van der Waals surface area contributed by atoms with Crippen molar-refractivity contribution in [3.8, 4) is 5.75 Å². The molecule has 1 atom stereocenters. The number of amidine groups is 1. The topological polar surface area (TPSA) is 105 Å². The fourth-order valence-electron chi connectivity index (χ4n) is 3.33. The van der Waals surface area contributed by atoms with E-state index in [4.69, 9.17) is 33.7 Å². The van der Waals surface area contributed by atoms with Crippen LogP contribution in [-0.4, -0.2) is 48.1 Å². The minimum Gasteiger partial charge on any atom is -0.438 e. The molecule has 0 spiro atoms. The second-order valence-corrected chi connectivity index (χ2v) is 8.20. The maximum absolute atomic E-state index is 12.7. The molecule has 1 unspecified atom stereocenters. The largest absolute Gasteiger partial charge is 0.438 e. The molecule has 1 amide bonds. The predicted octanol–water partition coefficient (Wildman–Crippen LogP) is 2.26. The van der Waals surface area contributed by atoms with Crippen LogP contribution in [0.2, 0.25) is 10.0 Å². The van der Waals surface area contributed by atoms with Crippen molar-refractivity contribution in [3.05, 3.63) is 28.2 Å². The molecule has 4 rings (SSSR count). The summed E-state index contributed by atoms with van der Waals surface area (Å²) in [5.74, 6) is 0.136. The number of piperidine rings is 1. The van der Waals surface area contributed by atoms with Gasteiger partial charge in [-0.15, -0.1) is 10.2 Å². The summed E-state index contributed by atoms with van der Waals surface area (Å²) in [6.45, 7) is 4.37. The van der Waals surface area contributed by atoms with E-state index in [1.807, 2.05) is 4.90 Å². The van der Waals surface area contributed by atoms with Crippen molar-refractivity contribution in [1.29, 1.82) is 0 Å². The number of halogens is 2. The Morgan fingerprint density at radius 1 is 1.32 bits per heavy atom. The molecule has 0 aliphatic carbocycles. The smallest absolute Gasteiger partial charge is 0.247 e. The fraction of sp³-hybridized carbons (Fsp3) is 0.444. The Kier molecular flexibility index (Phi) is 5.03. The average molecular weight is 423 g/mol. The first kappa shape index (κ1) is 19.2. The Morgan fingerprint density at radius 3 is 2.79 bits per heavy atom. The van der Waals surface area contributed by atoms with Crippen LogP contribution in [0.15, 0.2) is 33.4 Å². The van der Waals surface area contributed by atoms with E-state index in [1.165, 1.54) is 0 Å². The van der Waals surface area contributed by atoms with Gasteiger partial charge in [0.05, 0.1) is 5.02 Å². The maximum Gasteiger partial charge on any atom is 0.247 e. The van der Waals surface area contributed by atoms with Gasteiger partial charge < -0.3 is 15.4 Å². The monoisotopic (exact) mass is 422 g/mol.